The zero-order valence-electron chi connectivity index (χ0n) is 31.7. The number of benzene rings is 3. The molecule has 2 aliphatic rings. The number of hydrogen-bond acceptors (Lipinski definition) is 10. The monoisotopic (exact) mass is 756 g/mol. The van der Waals surface area contributed by atoms with E-state index >= 15 is 0 Å². The molecule has 6 rings (SSSR count). The third-order valence-electron chi connectivity index (χ3n) is 11.1. The predicted octanol–water partition coefficient (Wildman–Crippen LogP) is 5.74. The largest absolute Gasteiger partial charge is 0.352 e. The molecule has 2 unspecified atom stereocenters. The third-order valence-corrected chi connectivity index (χ3v) is 11.1. The number of aromatic amines is 1. The van der Waals surface area contributed by atoms with Crippen LogP contribution >= 0.6 is 8.53 Å². The number of nitrogens with one attached hydrogen (secondary N) is 2. The molecule has 4 atom stereocenters. The number of likely N-dealkylation sites (tertiary alicyclic amines) is 1. The van der Waals surface area contributed by atoms with Crippen LogP contribution in [0, 0.1) is 24.2 Å². The summed E-state index contributed by atoms with van der Waals surface area (Å²) >= 11 is 0. The Hall–Kier alpha value is -4.02. The number of rotatable bonds is 11. The van der Waals surface area contributed by atoms with Crippen molar-refractivity contribution in [3.63, 3.8) is 0 Å². The lowest BCUT2D eigenvalue weighted by molar-refractivity contribution is -0.192. The number of hydrogen-bond donors (Lipinski definition) is 5. The van der Waals surface area contributed by atoms with Crippen LogP contribution in [0.2, 0.25) is 0 Å². The Morgan fingerprint density at radius 1 is 0.963 bits per heavy atom. The second kappa shape index (κ2) is 17.6. The summed E-state index contributed by atoms with van der Waals surface area (Å²) in [6, 6.07) is 33.4. The van der Waals surface area contributed by atoms with Gasteiger partial charge in [0.25, 0.3) is 5.56 Å². The predicted molar refractivity (Wildman–Crippen MR) is 210 cm³/mol. The van der Waals surface area contributed by atoms with E-state index in [9.17, 15) is 14.9 Å². The van der Waals surface area contributed by atoms with Crippen LogP contribution in [0.4, 0.5) is 0 Å². The van der Waals surface area contributed by atoms with E-state index in [-0.39, 0.29) is 23.1 Å². The van der Waals surface area contributed by atoms with Crippen molar-refractivity contribution in [2.45, 2.75) is 102 Å². The smallest absolute Gasteiger partial charge is 0.330 e. The van der Waals surface area contributed by atoms with Crippen LogP contribution in [-0.2, 0) is 15.1 Å². The zero-order valence-corrected chi connectivity index (χ0v) is 32.6. The summed E-state index contributed by atoms with van der Waals surface area (Å²) in [4.78, 5) is 52.1. The van der Waals surface area contributed by atoms with Gasteiger partial charge in [0.2, 0.25) is 8.53 Å². The fourth-order valence-electron chi connectivity index (χ4n) is 8.50. The van der Waals surface area contributed by atoms with Gasteiger partial charge in [-0.25, -0.2) is 4.79 Å². The average Bonchev–Trinajstić information content (AvgIpc) is 3.63. The Morgan fingerprint density at radius 2 is 1.48 bits per heavy atom. The summed E-state index contributed by atoms with van der Waals surface area (Å²) < 4.78 is 8.29. The minimum Gasteiger partial charge on any atom is -0.352 e. The lowest BCUT2D eigenvalue weighted by atomic mass is 9.68. The first kappa shape index (κ1) is 41.1. The van der Waals surface area contributed by atoms with Crippen molar-refractivity contribution >= 4 is 8.53 Å². The quantitative estimate of drug-likeness (QED) is 0.0720. The highest BCUT2D eigenvalue weighted by atomic mass is 31.2. The maximum absolute atomic E-state index is 13.0. The fourth-order valence-corrected chi connectivity index (χ4v) is 8.50. The zero-order chi connectivity index (χ0) is 39.1. The van der Waals surface area contributed by atoms with Crippen LogP contribution in [0.25, 0.3) is 0 Å². The summed E-state index contributed by atoms with van der Waals surface area (Å²) in [5, 5.41) is 9.60. The van der Waals surface area contributed by atoms with Crippen LogP contribution in [0.15, 0.2) is 107 Å². The van der Waals surface area contributed by atoms with Gasteiger partial charge in [0.05, 0.1) is 12.2 Å². The molecule has 0 spiro atoms. The van der Waals surface area contributed by atoms with E-state index < -0.39 is 37.6 Å². The van der Waals surface area contributed by atoms with Gasteiger partial charge in [-0.15, -0.1) is 0 Å². The second-order valence-corrected chi connectivity index (χ2v) is 15.8. The molecular formula is C41H53N6O6P. The molecule has 12 nitrogen and oxygen atoms in total. The molecule has 0 saturated carbocycles. The summed E-state index contributed by atoms with van der Waals surface area (Å²) in [7, 11) is -2.12. The summed E-state index contributed by atoms with van der Waals surface area (Å²) in [6.45, 7) is 11.4. The molecule has 2 fully saturated rings. The summed E-state index contributed by atoms with van der Waals surface area (Å²) in [6.07, 6.45) is 3.71. The second-order valence-electron chi connectivity index (χ2n) is 15.2. The van der Waals surface area contributed by atoms with Crippen LogP contribution < -0.4 is 22.2 Å². The number of aryl methyl sites for hydroxylation is 1. The van der Waals surface area contributed by atoms with Crippen LogP contribution in [-0.4, -0.2) is 54.1 Å². The normalized spacial score (nSPS) is 21.5. The molecule has 0 bridgehead atoms. The molecular weight excluding hydrogens is 703 g/mol. The van der Waals surface area contributed by atoms with Crippen LogP contribution in [0.3, 0.4) is 0 Å². The molecule has 4 aromatic rings. The van der Waals surface area contributed by atoms with E-state index in [0.29, 0.717) is 31.4 Å². The number of ether oxygens (including phenoxy) is 1. The maximum atomic E-state index is 13.0. The van der Waals surface area contributed by atoms with Crippen molar-refractivity contribution < 1.29 is 19.4 Å². The van der Waals surface area contributed by atoms with Crippen molar-refractivity contribution in [1.82, 2.24) is 19.9 Å². The number of nitrogens with zero attached hydrogens (tertiary/aromatic N) is 3. The molecule has 13 heteroatoms. The molecule has 2 aliphatic heterocycles. The lowest BCUT2D eigenvalue weighted by Crippen LogP contribution is -2.66. The van der Waals surface area contributed by atoms with Gasteiger partial charge in [0.15, 0.2) is 0 Å². The van der Waals surface area contributed by atoms with Gasteiger partial charge in [0.1, 0.15) is 17.9 Å². The first-order valence-electron chi connectivity index (χ1n) is 18.4. The Labute approximate surface area is 318 Å². The van der Waals surface area contributed by atoms with Crippen molar-refractivity contribution in [3.05, 3.63) is 140 Å². The Kier molecular flexibility index (Phi) is 13.4. The van der Waals surface area contributed by atoms with Gasteiger partial charge < -0.3 is 14.5 Å². The molecule has 0 aliphatic carbocycles. The number of aromatic nitrogens is 2. The fraction of sp³-hybridized carbons (Fsp3) is 0.439. The van der Waals surface area contributed by atoms with Gasteiger partial charge >= 0.3 is 5.69 Å². The lowest BCUT2D eigenvalue weighted by Gasteiger charge is -2.58. The number of piperidine rings is 1. The van der Waals surface area contributed by atoms with E-state index in [1.54, 1.807) is 13.1 Å². The standard InChI is InChI=1S/C41H49N5O4.H4NO2P/c1-29-28-45(38(48)43-37(29)47)35-23-22-34(49-35)36(33-24-25-39(2,3)46(27-15-26-42)40(33,4)5)50-44-41(30-16-9-6-10-17-30,31-18-11-7-12-19-31)32-20-13-8-14-21-32;1-4(2)3/h6-14,16-21,28,33-36,44H,15,22-25,27H2,1-5H3,(H,43,47,48);2-3H,1H2/t33?,34-,35+,36?;/m0./s1. The van der Waals surface area contributed by atoms with Crippen molar-refractivity contribution in [3.8, 4) is 6.07 Å². The molecule has 6 N–H and O–H groups in total. The van der Waals surface area contributed by atoms with Gasteiger partial charge in [-0.3, -0.25) is 29.6 Å². The number of hydroxylamine groups is 1. The Balaban J connectivity index is 0.00000133. The number of nitrogens with two attached hydrogens (primary N) is 1. The van der Waals surface area contributed by atoms with Gasteiger partial charge in [-0.1, -0.05) is 91.0 Å². The summed E-state index contributed by atoms with van der Waals surface area (Å²) in [5.74, 6) is -0.000439. The van der Waals surface area contributed by atoms with E-state index in [2.05, 4.69) is 91.0 Å². The highest BCUT2D eigenvalue weighted by Gasteiger charge is 2.53. The highest BCUT2D eigenvalue weighted by Crippen LogP contribution is 2.47. The molecule has 3 heterocycles. The Bertz CT molecular complexity index is 1870. The molecule has 54 heavy (non-hydrogen) atoms. The summed E-state index contributed by atoms with van der Waals surface area (Å²) in [5.41, 5.74) is 9.27. The first-order chi connectivity index (χ1) is 25.7. The minimum absolute atomic E-state index is 0.000439. The van der Waals surface area contributed by atoms with E-state index in [1.165, 1.54) is 4.57 Å². The highest BCUT2D eigenvalue weighted by molar-refractivity contribution is 7.42. The van der Waals surface area contributed by atoms with Crippen molar-refractivity contribution in [2.75, 3.05) is 6.54 Å². The topological polar surface area (TPSA) is 179 Å². The van der Waals surface area contributed by atoms with Crippen LogP contribution in [0.5, 0.6) is 0 Å². The number of nitriles is 1. The van der Waals surface area contributed by atoms with E-state index in [0.717, 1.165) is 29.5 Å². The van der Waals surface area contributed by atoms with Gasteiger partial charge in [-0.05, 0) is 77.0 Å². The van der Waals surface area contributed by atoms with Gasteiger partial charge in [-0.2, -0.15) is 10.7 Å². The average molecular weight is 757 g/mol. The van der Waals surface area contributed by atoms with E-state index in [1.807, 2.05) is 54.6 Å². The SMILES string of the molecule is Cc1cn([C@H]2CC[C@@H](C(ONC(c3ccccc3)(c3ccccc3)c3ccccc3)C3CCC(C)(C)N(CCC#N)C3(C)C)O2)c(=O)[nH]c1=O.NP(O)O. The molecule has 1 aromatic heterocycles. The molecule has 2 saturated heterocycles. The van der Waals surface area contributed by atoms with Crippen molar-refractivity contribution in [1.29, 1.82) is 5.26 Å². The maximum Gasteiger partial charge on any atom is 0.330 e. The molecule has 3 aromatic carbocycles. The molecule has 0 radical (unpaired) electrons. The van der Waals surface area contributed by atoms with Crippen LogP contribution in [0.1, 0.15) is 88.3 Å². The van der Waals surface area contributed by atoms with E-state index in [4.69, 9.17) is 19.4 Å². The molecule has 0 amide bonds. The first-order valence-corrected chi connectivity index (χ1v) is 19.7. The van der Waals surface area contributed by atoms with Crippen molar-refractivity contribution in [2.24, 2.45) is 11.4 Å². The molecule has 288 valence electrons. The minimum atomic E-state index is -2.12. The van der Waals surface area contributed by atoms with Gasteiger partial charge in [0, 0.05) is 41.7 Å². The third kappa shape index (κ3) is 8.92. The number of H-pyrrole nitrogens is 1. The Morgan fingerprint density at radius 3 is 1.98 bits per heavy atom.